The first-order valence-electron chi connectivity index (χ1n) is 8.49. The number of aromatic nitrogens is 2. The number of likely N-dealkylation sites (tertiary alicyclic amines) is 1. The van der Waals surface area contributed by atoms with Crippen molar-refractivity contribution in [3.05, 3.63) is 32.2 Å². The van der Waals surface area contributed by atoms with Gasteiger partial charge in [-0.2, -0.15) is 0 Å². The molecule has 26 heavy (non-hydrogen) atoms. The van der Waals surface area contributed by atoms with Gasteiger partial charge in [-0.3, -0.25) is 9.59 Å². The number of nitrogens with zero attached hydrogens (tertiary/aromatic N) is 3. The number of aryl methyl sites for hydroxylation is 2. The number of rotatable bonds is 5. The Morgan fingerprint density at radius 2 is 1.73 bits per heavy atom. The second-order valence-corrected chi connectivity index (χ2v) is 8.63. The highest BCUT2D eigenvalue weighted by molar-refractivity contribution is 7.10. The molecule has 0 radical (unpaired) electrons. The fourth-order valence-corrected chi connectivity index (χ4v) is 4.37. The lowest BCUT2D eigenvalue weighted by Crippen LogP contribution is -2.56. The molecule has 2 aromatic rings. The lowest BCUT2D eigenvalue weighted by Gasteiger charge is -2.42. The van der Waals surface area contributed by atoms with Crippen LogP contribution < -0.4 is 5.32 Å². The van der Waals surface area contributed by atoms with Gasteiger partial charge in [0.05, 0.1) is 10.0 Å². The van der Waals surface area contributed by atoms with Crippen LogP contribution in [0.4, 0.5) is 0 Å². The summed E-state index contributed by atoms with van der Waals surface area (Å²) in [5, 5.41) is 17.8. The summed E-state index contributed by atoms with van der Waals surface area (Å²) < 4.78 is 0. The van der Waals surface area contributed by atoms with Gasteiger partial charge in [0.1, 0.15) is 11.4 Å². The average molecular weight is 395 g/mol. The number of nitrogens with one attached hydrogen (secondary N) is 1. The van der Waals surface area contributed by atoms with E-state index in [1.807, 2.05) is 13.8 Å². The smallest absolute Gasteiger partial charge is 0.273 e. The third-order valence-corrected chi connectivity index (χ3v) is 6.21. The molecule has 0 aromatic carbocycles. The molecule has 1 saturated heterocycles. The van der Waals surface area contributed by atoms with E-state index in [-0.39, 0.29) is 18.4 Å². The van der Waals surface area contributed by atoms with Gasteiger partial charge in [-0.1, -0.05) is 0 Å². The average Bonchev–Trinajstić information content (AvgIpc) is 3.24. The molecular weight excluding hydrogens is 372 g/mol. The van der Waals surface area contributed by atoms with Crippen LogP contribution in [0, 0.1) is 13.8 Å². The Bertz CT molecular complexity index is 794. The van der Waals surface area contributed by atoms with Crippen LogP contribution >= 0.6 is 22.7 Å². The molecule has 0 bridgehead atoms. The van der Waals surface area contributed by atoms with Gasteiger partial charge in [0.2, 0.25) is 0 Å². The van der Waals surface area contributed by atoms with Gasteiger partial charge in [0, 0.05) is 36.0 Å². The Labute approximate surface area is 160 Å². The molecule has 3 heterocycles. The number of carbonyl (C=O) groups excluding carboxylic acids is 2. The lowest BCUT2D eigenvalue weighted by atomic mass is 9.84. The van der Waals surface area contributed by atoms with Crippen LogP contribution in [0.3, 0.4) is 0 Å². The minimum atomic E-state index is -0.516. The maximum absolute atomic E-state index is 12.6. The number of piperidine rings is 1. The third kappa shape index (κ3) is 4.11. The van der Waals surface area contributed by atoms with Crippen molar-refractivity contribution in [1.82, 2.24) is 20.2 Å². The molecule has 0 aliphatic carbocycles. The van der Waals surface area contributed by atoms with Crippen LogP contribution in [0.15, 0.2) is 10.8 Å². The second-order valence-electron chi connectivity index (χ2n) is 6.50. The molecule has 1 fully saturated rings. The van der Waals surface area contributed by atoms with Gasteiger partial charge < -0.3 is 15.3 Å². The standard InChI is InChI=1S/C17H22N4O3S2/c1-11-18-13(9-25-11)15(23)20-17(5-8-22)3-6-21(7-4-17)16(24)14-10-26-12(2)19-14/h9-10,22H,3-8H2,1-2H3,(H,20,23). The number of thiazole rings is 2. The van der Waals surface area contributed by atoms with Crippen molar-refractivity contribution in [2.45, 2.75) is 38.6 Å². The molecule has 2 aromatic heterocycles. The highest BCUT2D eigenvalue weighted by atomic mass is 32.1. The van der Waals surface area contributed by atoms with Crippen LogP contribution in [0.5, 0.6) is 0 Å². The van der Waals surface area contributed by atoms with E-state index in [1.54, 1.807) is 15.7 Å². The quantitative estimate of drug-likeness (QED) is 0.809. The van der Waals surface area contributed by atoms with Gasteiger partial charge in [0.25, 0.3) is 11.8 Å². The van der Waals surface area contributed by atoms with E-state index in [1.165, 1.54) is 22.7 Å². The summed E-state index contributed by atoms with van der Waals surface area (Å²) in [6, 6.07) is 0. The van der Waals surface area contributed by atoms with Crippen LogP contribution in [0.25, 0.3) is 0 Å². The van der Waals surface area contributed by atoms with Crippen molar-refractivity contribution < 1.29 is 14.7 Å². The fourth-order valence-electron chi connectivity index (χ4n) is 3.19. The van der Waals surface area contributed by atoms with Gasteiger partial charge in [0.15, 0.2) is 0 Å². The zero-order valence-corrected chi connectivity index (χ0v) is 16.5. The summed E-state index contributed by atoms with van der Waals surface area (Å²) in [4.78, 5) is 35.3. The van der Waals surface area contributed by atoms with Crippen molar-refractivity contribution in [3.8, 4) is 0 Å². The Morgan fingerprint density at radius 1 is 1.15 bits per heavy atom. The molecule has 0 spiro atoms. The predicted octanol–water partition coefficient (Wildman–Crippen LogP) is 2.00. The largest absolute Gasteiger partial charge is 0.396 e. The van der Waals surface area contributed by atoms with E-state index >= 15 is 0 Å². The highest BCUT2D eigenvalue weighted by Crippen LogP contribution is 2.27. The van der Waals surface area contributed by atoms with E-state index in [4.69, 9.17) is 0 Å². The normalized spacial score (nSPS) is 16.5. The number of hydrogen-bond acceptors (Lipinski definition) is 7. The second kappa shape index (κ2) is 7.81. The summed E-state index contributed by atoms with van der Waals surface area (Å²) in [6.07, 6.45) is 1.65. The topological polar surface area (TPSA) is 95.4 Å². The lowest BCUT2D eigenvalue weighted by molar-refractivity contribution is 0.0576. The Hall–Kier alpha value is -1.84. The van der Waals surface area contributed by atoms with E-state index in [2.05, 4.69) is 15.3 Å². The van der Waals surface area contributed by atoms with E-state index in [0.29, 0.717) is 43.7 Å². The number of hydrogen-bond donors (Lipinski definition) is 2. The van der Waals surface area contributed by atoms with Crippen molar-refractivity contribution in [2.75, 3.05) is 19.7 Å². The summed E-state index contributed by atoms with van der Waals surface area (Å²) in [5.41, 5.74) is 0.364. The number of amides is 2. The maximum Gasteiger partial charge on any atom is 0.273 e. The zero-order valence-electron chi connectivity index (χ0n) is 14.8. The molecule has 1 aliphatic heterocycles. The van der Waals surface area contributed by atoms with Crippen LogP contribution in [-0.4, -0.2) is 57.0 Å². The minimum Gasteiger partial charge on any atom is -0.396 e. The molecule has 2 N–H and O–H groups in total. The summed E-state index contributed by atoms with van der Waals surface area (Å²) in [7, 11) is 0. The van der Waals surface area contributed by atoms with Crippen LogP contribution in [0.2, 0.25) is 0 Å². The van der Waals surface area contributed by atoms with E-state index in [9.17, 15) is 14.7 Å². The molecule has 0 atom stereocenters. The van der Waals surface area contributed by atoms with Crippen molar-refractivity contribution in [3.63, 3.8) is 0 Å². The van der Waals surface area contributed by atoms with Crippen LogP contribution in [0.1, 0.15) is 50.3 Å². The van der Waals surface area contributed by atoms with Crippen molar-refractivity contribution in [2.24, 2.45) is 0 Å². The Kier molecular flexibility index (Phi) is 5.69. The molecular formula is C17H22N4O3S2. The van der Waals surface area contributed by atoms with Gasteiger partial charge in [-0.05, 0) is 33.1 Å². The number of carbonyl (C=O) groups is 2. The Morgan fingerprint density at radius 3 is 2.23 bits per heavy atom. The monoisotopic (exact) mass is 394 g/mol. The summed E-state index contributed by atoms with van der Waals surface area (Å²) in [6.45, 7) is 4.75. The summed E-state index contributed by atoms with van der Waals surface area (Å²) >= 11 is 2.89. The highest BCUT2D eigenvalue weighted by Gasteiger charge is 2.37. The fraction of sp³-hybridized carbons (Fsp3) is 0.529. The molecule has 1 aliphatic rings. The molecule has 2 amide bonds. The summed E-state index contributed by atoms with van der Waals surface area (Å²) in [5.74, 6) is -0.300. The van der Waals surface area contributed by atoms with Crippen molar-refractivity contribution in [1.29, 1.82) is 0 Å². The molecule has 0 saturated carbocycles. The zero-order chi connectivity index (χ0) is 18.7. The first-order chi connectivity index (χ1) is 12.4. The van der Waals surface area contributed by atoms with Gasteiger partial charge in [-0.25, -0.2) is 9.97 Å². The van der Waals surface area contributed by atoms with Crippen LogP contribution in [-0.2, 0) is 0 Å². The molecule has 3 rings (SSSR count). The first-order valence-corrected chi connectivity index (χ1v) is 10.3. The van der Waals surface area contributed by atoms with Crippen molar-refractivity contribution >= 4 is 34.5 Å². The van der Waals surface area contributed by atoms with E-state index < -0.39 is 5.54 Å². The molecule has 7 nitrogen and oxygen atoms in total. The maximum atomic E-state index is 12.6. The van der Waals surface area contributed by atoms with E-state index in [0.717, 1.165) is 10.0 Å². The number of aliphatic hydroxyl groups excluding tert-OH is 1. The molecule has 9 heteroatoms. The Balaban J connectivity index is 1.66. The number of aliphatic hydroxyl groups is 1. The minimum absolute atomic E-state index is 0.0183. The molecule has 0 unspecified atom stereocenters. The third-order valence-electron chi connectivity index (χ3n) is 4.67. The van der Waals surface area contributed by atoms with Gasteiger partial charge >= 0.3 is 0 Å². The van der Waals surface area contributed by atoms with Gasteiger partial charge in [-0.15, -0.1) is 22.7 Å². The predicted molar refractivity (Wildman–Crippen MR) is 101 cm³/mol. The first kappa shape index (κ1) is 18.9. The molecule has 140 valence electrons. The SMILES string of the molecule is Cc1nc(C(=O)NC2(CCO)CCN(C(=O)c3csc(C)n3)CC2)cs1.